The molecule has 0 saturated heterocycles. The molecule has 0 aliphatic heterocycles. The van der Waals surface area contributed by atoms with Crippen LogP contribution in [0, 0.1) is 18.3 Å². The van der Waals surface area contributed by atoms with Gasteiger partial charge in [0, 0.05) is 22.5 Å². The molecule has 4 aromatic carbocycles. The number of carbonyl (C=O) groups excluding carboxylic acids is 1. The second-order valence-electron chi connectivity index (χ2n) is 9.72. The fourth-order valence-corrected chi connectivity index (χ4v) is 4.75. The van der Waals surface area contributed by atoms with Gasteiger partial charge < -0.3 is 9.30 Å². The lowest BCUT2D eigenvalue weighted by Crippen LogP contribution is -2.17. The first-order chi connectivity index (χ1) is 20.6. The Hall–Kier alpha value is -5.67. The highest BCUT2D eigenvalue weighted by atomic mass is 16.5. The summed E-state index contributed by atoms with van der Waals surface area (Å²) in [6, 6.07) is 37.1. The van der Waals surface area contributed by atoms with Gasteiger partial charge in [0.05, 0.1) is 23.5 Å². The van der Waals surface area contributed by atoms with Crippen molar-refractivity contribution < 1.29 is 9.53 Å². The second-order valence-corrected chi connectivity index (χ2v) is 9.72. The van der Waals surface area contributed by atoms with E-state index in [9.17, 15) is 10.1 Å². The van der Waals surface area contributed by atoms with Gasteiger partial charge in [-0.15, -0.1) is 6.58 Å². The number of allylic oxidation sites excluding steroid dienone is 1. The number of benzene rings is 4. The lowest BCUT2D eigenvalue weighted by atomic mass is 10.1. The Labute approximate surface area is 245 Å². The highest BCUT2D eigenvalue weighted by Gasteiger charge is 2.11. The van der Waals surface area contributed by atoms with E-state index in [2.05, 4.69) is 58.9 Å². The van der Waals surface area contributed by atoms with Crippen LogP contribution in [0.15, 0.2) is 127 Å². The summed E-state index contributed by atoms with van der Waals surface area (Å²) in [6.45, 7) is 6.20. The van der Waals surface area contributed by atoms with Crippen LogP contribution in [0.4, 0.5) is 0 Å². The van der Waals surface area contributed by atoms with Gasteiger partial charge in [-0.2, -0.15) is 10.4 Å². The topological polar surface area (TPSA) is 79.4 Å². The van der Waals surface area contributed by atoms with Crippen molar-refractivity contribution in [2.45, 2.75) is 20.0 Å². The van der Waals surface area contributed by atoms with Gasteiger partial charge in [0.15, 0.2) is 0 Å². The number of hydrazone groups is 1. The SMILES string of the molecule is C=CCc1cc(/C=N/NC(=O)c2ccc(-n3c(C)ccc3-c3ccccc3)cc2)ccc1OCc1ccccc1C#N. The molecular formula is C36H30N4O2. The number of nitrogens with zero attached hydrogens (tertiary/aromatic N) is 3. The lowest BCUT2D eigenvalue weighted by molar-refractivity contribution is 0.0955. The van der Waals surface area contributed by atoms with Crippen molar-refractivity contribution in [3.05, 3.63) is 155 Å². The lowest BCUT2D eigenvalue weighted by Gasteiger charge is -2.13. The molecule has 5 rings (SSSR count). The van der Waals surface area contributed by atoms with Crippen molar-refractivity contribution in [3.63, 3.8) is 0 Å². The van der Waals surface area contributed by atoms with Crippen LogP contribution in [0.2, 0.25) is 0 Å². The summed E-state index contributed by atoms with van der Waals surface area (Å²) < 4.78 is 8.21. The molecule has 42 heavy (non-hydrogen) atoms. The summed E-state index contributed by atoms with van der Waals surface area (Å²) in [5.74, 6) is 0.407. The zero-order valence-electron chi connectivity index (χ0n) is 23.3. The van der Waals surface area contributed by atoms with E-state index >= 15 is 0 Å². The Morgan fingerprint density at radius 2 is 1.71 bits per heavy atom. The number of nitriles is 1. The zero-order valence-corrected chi connectivity index (χ0v) is 23.3. The van der Waals surface area contributed by atoms with Crippen LogP contribution in [-0.4, -0.2) is 16.7 Å². The number of rotatable bonds is 10. The third kappa shape index (κ3) is 6.38. The Balaban J connectivity index is 1.24. The minimum absolute atomic E-state index is 0.285. The van der Waals surface area contributed by atoms with Crippen LogP contribution in [0.25, 0.3) is 16.9 Å². The fourth-order valence-electron chi connectivity index (χ4n) is 4.75. The smallest absolute Gasteiger partial charge is 0.271 e. The number of ether oxygens (including phenoxy) is 1. The van der Waals surface area contributed by atoms with Crippen molar-refractivity contribution in [2.24, 2.45) is 5.10 Å². The first-order valence-electron chi connectivity index (χ1n) is 13.6. The normalized spacial score (nSPS) is 10.8. The largest absolute Gasteiger partial charge is 0.489 e. The summed E-state index contributed by atoms with van der Waals surface area (Å²) in [7, 11) is 0. The predicted octanol–water partition coefficient (Wildman–Crippen LogP) is 7.40. The van der Waals surface area contributed by atoms with Crippen LogP contribution in [-0.2, 0) is 13.0 Å². The average molecular weight is 551 g/mol. The maximum Gasteiger partial charge on any atom is 0.271 e. The highest BCUT2D eigenvalue weighted by Crippen LogP contribution is 2.27. The predicted molar refractivity (Wildman–Crippen MR) is 167 cm³/mol. The number of hydrogen-bond acceptors (Lipinski definition) is 4. The molecule has 1 aromatic heterocycles. The number of aryl methyl sites for hydroxylation is 1. The molecule has 1 heterocycles. The first-order valence-corrected chi connectivity index (χ1v) is 13.6. The third-order valence-corrected chi connectivity index (χ3v) is 6.88. The minimum atomic E-state index is -0.298. The molecular weight excluding hydrogens is 520 g/mol. The van der Waals surface area contributed by atoms with Gasteiger partial charge >= 0.3 is 0 Å². The van der Waals surface area contributed by atoms with Crippen molar-refractivity contribution in [1.29, 1.82) is 5.26 Å². The highest BCUT2D eigenvalue weighted by molar-refractivity contribution is 5.95. The van der Waals surface area contributed by atoms with E-state index in [4.69, 9.17) is 4.74 Å². The number of amides is 1. The number of hydrogen-bond donors (Lipinski definition) is 1. The Morgan fingerprint density at radius 3 is 2.48 bits per heavy atom. The molecule has 1 amide bonds. The van der Waals surface area contributed by atoms with E-state index in [1.807, 2.05) is 66.7 Å². The van der Waals surface area contributed by atoms with E-state index < -0.39 is 0 Å². The molecule has 0 radical (unpaired) electrons. The summed E-state index contributed by atoms with van der Waals surface area (Å²) >= 11 is 0. The van der Waals surface area contributed by atoms with Crippen molar-refractivity contribution in [2.75, 3.05) is 0 Å². The van der Waals surface area contributed by atoms with Gasteiger partial charge in [-0.3, -0.25) is 4.79 Å². The maximum atomic E-state index is 12.8. The molecule has 0 saturated carbocycles. The third-order valence-electron chi connectivity index (χ3n) is 6.88. The Morgan fingerprint density at radius 1 is 0.952 bits per heavy atom. The molecule has 5 aromatic rings. The van der Waals surface area contributed by atoms with E-state index in [-0.39, 0.29) is 12.5 Å². The summed E-state index contributed by atoms with van der Waals surface area (Å²) in [4.78, 5) is 12.8. The molecule has 0 bridgehead atoms. The molecule has 0 fully saturated rings. The molecule has 6 heteroatoms. The zero-order chi connectivity index (χ0) is 29.3. The molecule has 0 unspecified atom stereocenters. The number of carbonyl (C=O) groups is 1. The van der Waals surface area contributed by atoms with E-state index in [1.165, 1.54) is 0 Å². The summed E-state index contributed by atoms with van der Waals surface area (Å²) in [6.07, 6.45) is 4.00. The molecule has 0 atom stereocenters. The van der Waals surface area contributed by atoms with Gasteiger partial charge in [0.1, 0.15) is 12.4 Å². The molecule has 0 spiro atoms. The van der Waals surface area contributed by atoms with Crippen molar-refractivity contribution in [3.8, 4) is 28.8 Å². The molecule has 0 aliphatic carbocycles. The Bertz CT molecular complexity index is 1780. The van der Waals surface area contributed by atoms with E-state index in [1.54, 1.807) is 30.5 Å². The minimum Gasteiger partial charge on any atom is -0.489 e. The van der Waals surface area contributed by atoms with Crippen LogP contribution >= 0.6 is 0 Å². The summed E-state index contributed by atoms with van der Waals surface area (Å²) in [5.41, 5.74) is 10.6. The Kier molecular flexibility index (Phi) is 8.71. The van der Waals surface area contributed by atoms with E-state index in [0.717, 1.165) is 39.3 Å². The van der Waals surface area contributed by atoms with Crippen LogP contribution < -0.4 is 10.2 Å². The fraction of sp³-hybridized carbons (Fsp3) is 0.0833. The van der Waals surface area contributed by atoms with E-state index in [0.29, 0.717) is 23.3 Å². The monoisotopic (exact) mass is 550 g/mol. The molecule has 1 N–H and O–H groups in total. The first kappa shape index (κ1) is 27.9. The van der Waals surface area contributed by atoms with Crippen molar-refractivity contribution in [1.82, 2.24) is 9.99 Å². The molecule has 6 nitrogen and oxygen atoms in total. The summed E-state index contributed by atoms with van der Waals surface area (Å²) in [5, 5.41) is 13.5. The van der Waals surface area contributed by atoms with Gasteiger partial charge in [-0.1, -0.05) is 54.6 Å². The number of nitrogens with one attached hydrogen (secondary N) is 1. The van der Waals surface area contributed by atoms with Crippen LogP contribution in [0.3, 0.4) is 0 Å². The van der Waals surface area contributed by atoms with Crippen LogP contribution in [0.5, 0.6) is 5.75 Å². The average Bonchev–Trinajstić information content (AvgIpc) is 3.42. The van der Waals surface area contributed by atoms with Crippen molar-refractivity contribution >= 4 is 12.1 Å². The second kappa shape index (κ2) is 13.1. The molecule has 206 valence electrons. The quantitative estimate of drug-likeness (QED) is 0.112. The maximum absolute atomic E-state index is 12.8. The number of aromatic nitrogens is 1. The van der Waals surface area contributed by atoms with Gasteiger partial charge in [-0.25, -0.2) is 5.43 Å². The molecule has 0 aliphatic rings. The van der Waals surface area contributed by atoms with Gasteiger partial charge in [0.2, 0.25) is 0 Å². The standard InChI is InChI=1S/C36H30N4O2/c1-3-9-30-22-27(15-21-35(30)42-25-32-13-8-7-12-31(32)23-37)24-38-39-36(41)29-16-18-33(19-17-29)40-26(2)14-20-34(40)28-10-5-4-6-11-28/h3-8,10-22,24H,1,9,25H2,2H3,(H,39,41)/b38-24+. The van der Waals surface area contributed by atoms with Crippen LogP contribution in [0.1, 0.15) is 38.3 Å². The van der Waals surface area contributed by atoms with Gasteiger partial charge in [-0.05, 0) is 90.7 Å². The van der Waals surface area contributed by atoms with Gasteiger partial charge in [0.25, 0.3) is 5.91 Å².